The molecule has 2 N–H and O–H groups in total. The zero-order valence-corrected chi connectivity index (χ0v) is 14.4. The summed E-state index contributed by atoms with van der Waals surface area (Å²) in [6, 6.07) is 2.30. The Morgan fingerprint density at radius 1 is 1.36 bits per heavy atom. The first kappa shape index (κ1) is 16.9. The second-order valence-corrected chi connectivity index (χ2v) is 6.52. The summed E-state index contributed by atoms with van der Waals surface area (Å²) in [7, 11) is 1.78. The Morgan fingerprint density at radius 2 is 2.12 bits per heavy atom. The summed E-state index contributed by atoms with van der Waals surface area (Å²) < 4.78 is 1.62. The molecule has 1 unspecified atom stereocenters. The molecule has 1 saturated heterocycles. The predicted octanol–water partition coefficient (Wildman–Crippen LogP) is 0.767. The number of amides is 2. The molecule has 3 heterocycles. The molecule has 2 amide bonds. The van der Waals surface area contributed by atoms with Crippen LogP contribution in [0.5, 0.6) is 0 Å². The van der Waals surface area contributed by atoms with Gasteiger partial charge in [0.25, 0.3) is 5.91 Å². The van der Waals surface area contributed by atoms with E-state index >= 15 is 0 Å². The Balaban J connectivity index is 1.74. The molecule has 2 aromatic rings. The molecule has 3 rings (SSSR count). The van der Waals surface area contributed by atoms with Gasteiger partial charge in [0, 0.05) is 37.1 Å². The van der Waals surface area contributed by atoms with Gasteiger partial charge in [-0.05, 0) is 18.4 Å². The Morgan fingerprint density at radius 3 is 2.76 bits per heavy atom. The number of aryl methyl sites for hydroxylation is 1. The monoisotopic (exact) mass is 343 g/mol. The highest BCUT2D eigenvalue weighted by molar-refractivity contribution is 6.03. The number of hydrogen-bond acceptors (Lipinski definition) is 4. The number of H-pyrrole nitrogens is 1. The van der Waals surface area contributed by atoms with Crippen molar-refractivity contribution < 1.29 is 9.59 Å². The summed E-state index contributed by atoms with van der Waals surface area (Å²) in [5.74, 6) is -0.496. The van der Waals surface area contributed by atoms with E-state index in [0.29, 0.717) is 24.3 Å². The van der Waals surface area contributed by atoms with Crippen LogP contribution in [0.2, 0.25) is 0 Å². The summed E-state index contributed by atoms with van der Waals surface area (Å²) in [6.07, 6.45) is 3.89. The fraction of sp³-hybridized carbons (Fsp3) is 0.412. The quantitative estimate of drug-likeness (QED) is 0.856. The van der Waals surface area contributed by atoms with Gasteiger partial charge in [0.15, 0.2) is 0 Å². The van der Waals surface area contributed by atoms with E-state index < -0.39 is 11.9 Å². The fourth-order valence-electron chi connectivity index (χ4n) is 2.87. The summed E-state index contributed by atoms with van der Waals surface area (Å²) >= 11 is 0. The molecule has 0 saturated carbocycles. The molecule has 8 heteroatoms. The number of carbonyl (C=O) groups excluding carboxylic acids is 2. The van der Waals surface area contributed by atoms with Gasteiger partial charge in [-0.1, -0.05) is 13.8 Å². The van der Waals surface area contributed by atoms with Crippen molar-refractivity contribution in [3.8, 4) is 0 Å². The Hall–Kier alpha value is -2.90. The second-order valence-electron chi connectivity index (χ2n) is 6.52. The van der Waals surface area contributed by atoms with E-state index in [4.69, 9.17) is 0 Å². The van der Waals surface area contributed by atoms with Crippen molar-refractivity contribution in [3.05, 3.63) is 46.1 Å². The lowest BCUT2D eigenvalue weighted by Crippen LogP contribution is -2.41. The molecule has 8 nitrogen and oxygen atoms in total. The highest BCUT2D eigenvalue weighted by Gasteiger charge is 2.34. The van der Waals surface area contributed by atoms with Crippen molar-refractivity contribution in [1.82, 2.24) is 20.1 Å². The van der Waals surface area contributed by atoms with Crippen molar-refractivity contribution in [2.24, 2.45) is 7.05 Å². The van der Waals surface area contributed by atoms with Crippen molar-refractivity contribution in [2.75, 3.05) is 11.4 Å². The van der Waals surface area contributed by atoms with E-state index in [9.17, 15) is 14.4 Å². The van der Waals surface area contributed by atoms with E-state index in [-0.39, 0.29) is 22.9 Å². The Kier molecular flexibility index (Phi) is 4.43. The average Bonchev–Trinajstić information content (AvgIpc) is 3.13. The molecule has 1 atom stereocenters. The maximum Gasteiger partial charge on any atom is 0.252 e. The number of rotatable bonds is 4. The first-order chi connectivity index (χ1) is 11.8. The van der Waals surface area contributed by atoms with E-state index in [1.165, 1.54) is 6.07 Å². The Bertz CT molecular complexity index is 867. The number of pyridine rings is 1. The summed E-state index contributed by atoms with van der Waals surface area (Å²) in [6.45, 7) is 4.38. The van der Waals surface area contributed by atoms with E-state index in [0.717, 1.165) is 0 Å². The van der Waals surface area contributed by atoms with Gasteiger partial charge >= 0.3 is 0 Å². The third-order valence-electron chi connectivity index (χ3n) is 4.26. The first-order valence-electron chi connectivity index (χ1n) is 8.20. The second kappa shape index (κ2) is 6.54. The molecule has 132 valence electrons. The number of nitrogens with zero attached hydrogens (tertiary/aromatic N) is 3. The van der Waals surface area contributed by atoms with Gasteiger partial charge < -0.3 is 15.2 Å². The molecule has 1 aliphatic rings. The molecule has 0 bridgehead atoms. The molecule has 1 fully saturated rings. The average molecular weight is 343 g/mol. The van der Waals surface area contributed by atoms with Gasteiger partial charge in [-0.25, -0.2) is 0 Å². The van der Waals surface area contributed by atoms with Crippen LogP contribution < -0.4 is 15.8 Å². The number of aromatic nitrogens is 3. The molecule has 0 spiro atoms. The van der Waals surface area contributed by atoms with Crippen LogP contribution in [-0.4, -0.2) is 39.2 Å². The summed E-state index contributed by atoms with van der Waals surface area (Å²) in [5.41, 5.74) is 1.33. The molecular formula is C17H21N5O3. The van der Waals surface area contributed by atoms with E-state index in [1.807, 2.05) is 13.8 Å². The smallest absolute Gasteiger partial charge is 0.252 e. The summed E-state index contributed by atoms with van der Waals surface area (Å²) in [4.78, 5) is 41.1. The molecule has 0 radical (unpaired) electrons. The lowest BCUT2D eigenvalue weighted by Gasteiger charge is -2.15. The summed E-state index contributed by atoms with van der Waals surface area (Å²) in [5, 5.41) is 6.80. The maximum atomic E-state index is 12.5. The topological polar surface area (TPSA) is 100 Å². The predicted molar refractivity (Wildman–Crippen MR) is 92.6 cm³/mol. The molecule has 2 aromatic heterocycles. The van der Waals surface area contributed by atoms with Gasteiger partial charge in [0.1, 0.15) is 6.04 Å². The van der Waals surface area contributed by atoms with E-state index in [1.54, 1.807) is 35.1 Å². The lowest BCUT2D eigenvalue weighted by molar-refractivity contribution is -0.118. The minimum atomic E-state index is -0.602. The third-order valence-corrected chi connectivity index (χ3v) is 4.26. The van der Waals surface area contributed by atoms with Gasteiger partial charge in [-0.15, -0.1) is 0 Å². The molecule has 0 aliphatic carbocycles. The van der Waals surface area contributed by atoms with Crippen LogP contribution in [0.4, 0.5) is 5.69 Å². The van der Waals surface area contributed by atoms with Crippen molar-refractivity contribution in [3.63, 3.8) is 0 Å². The minimum absolute atomic E-state index is 0.0923. The van der Waals surface area contributed by atoms with Crippen LogP contribution >= 0.6 is 0 Å². The number of anilines is 1. The van der Waals surface area contributed by atoms with Crippen LogP contribution in [0.3, 0.4) is 0 Å². The van der Waals surface area contributed by atoms with Crippen LogP contribution in [0.15, 0.2) is 29.3 Å². The van der Waals surface area contributed by atoms with Gasteiger partial charge in [-0.3, -0.25) is 19.1 Å². The van der Waals surface area contributed by atoms with Crippen molar-refractivity contribution >= 4 is 17.5 Å². The van der Waals surface area contributed by atoms with E-state index in [2.05, 4.69) is 15.4 Å². The number of nitrogens with one attached hydrogen (secondary N) is 2. The number of carbonyl (C=O) groups is 2. The third kappa shape index (κ3) is 3.47. The zero-order chi connectivity index (χ0) is 18.1. The molecular weight excluding hydrogens is 322 g/mol. The van der Waals surface area contributed by atoms with Gasteiger partial charge in [0.05, 0.1) is 11.9 Å². The fourth-order valence-corrected chi connectivity index (χ4v) is 2.87. The van der Waals surface area contributed by atoms with Crippen LogP contribution in [0, 0.1) is 0 Å². The first-order valence-corrected chi connectivity index (χ1v) is 8.20. The maximum absolute atomic E-state index is 12.5. The highest BCUT2D eigenvalue weighted by atomic mass is 16.2. The lowest BCUT2D eigenvalue weighted by atomic mass is 10.1. The Labute approximate surface area is 144 Å². The molecule has 1 aliphatic heterocycles. The van der Waals surface area contributed by atoms with Crippen LogP contribution in [0.25, 0.3) is 0 Å². The zero-order valence-electron chi connectivity index (χ0n) is 14.4. The standard InChI is InChI=1S/C17H21N5O3/c1-10(2)14-6-11(7-15(23)19-14)16(24)20-13-4-5-22(17(13)25)12-8-18-21(3)9-12/h6-10,13H,4-5H2,1-3H3,(H,19,23)(H,20,24). The van der Waals surface area contributed by atoms with Gasteiger partial charge in [-0.2, -0.15) is 5.10 Å². The van der Waals surface area contributed by atoms with Crippen molar-refractivity contribution in [2.45, 2.75) is 32.2 Å². The SMILES string of the molecule is CC(C)c1cc(C(=O)NC2CCN(c3cnn(C)c3)C2=O)cc(=O)[nH]1. The molecule has 25 heavy (non-hydrogen) atoms. The van der Waals surface area contributed by atoms with Gasteiger partial charge in [0.2, 0.25) is 11.5 Å². The van der Waals surface area contributed by atoms with Crippen LogP contribution in [0.1, 0.15) is 42.2 Å². The highest BCUT2D eigenvalue weighted by Crippen LogP contribution is 2.21. The number of hydrogen-bond donors (Lipinski definition) is 2. The van der Waals surface area contributed by atoms with Crippen molar-refractivity contribution in [1.29, 1.82) is 0 Å². The molecule has 0 aromatic carbocycles. The van der Waals surface area contributed by atoms with Crippen LogP contribution in [-0.2, 0) is 11.8 Å². The normalized spacial score (nSPS) is 17.4. The minimum Gasteiger partial charge on any atom is -0.340 e. The largest absolute Gasteiger partial charge is 0.340 e. The number of aromatic amines is 1.